The Labute approximate surface area is 133 Å². The Balaban J connectivity index is 2.22. The Bertz CT molecular complexity index is 638. The Morgan fingerprint density at radius 1 is 1.10 bits per heavy atom. The number of hydrogen-bond donors (Lipinski definition) is 0. The van der Waals surface area contributed by atoms with Gasteiger partial charge in [0, 0.05) is 0 Å². The highest BCUT2D eigenvalue weighted by Crippen LogP contribution is 2.28. The molecule has 0 saturated heterocycles. The van der Waals surface area contributed by atoms with E-state index in [0.29, 0.717) is 23.7 Å². The molecular weight excluding hydrogens is 332 g/mol. The molecule has 0 amide bonds. The van der Waals surface area contributed by atoms with Crippen LogP contribution in [0.4, 0.5) is 0 Å². The number of ether oxygens (including phenoxy) is 2. The van der Waals surface area contributed by atoms with Crippen molar-refractivity contribution in [3.63, 3.8) is 0 Å². The van der Waals surface area contributed by atoms with Crippen molar-refractivity contribution >= 4 is 21.9 Å². The Hall–Kier alpha value is -1.81. The Morgan fingerprint density at radius 2 is 1.86 bits per heavy atom. The van der Waals surface area contributed by atoms with Gasteiger partial charge >= 0.3 is 5.97 Å². The van der Waals surface area contributed by atoms with Gasteiger partial charge < -0.3 is 9.47 Å². The molecule has 3 nitrogen and oxygen atoms in total. The first kappa shape index (κ1) is 15.6. The lowest BCUT2D eigenvalue weighted by atomic mass is 10.1. The number of halogens is 1. The predicted octanol–water partition coefficient (Wildman–Crippen LogP) is 4.63. The van der Waals surface area contributed by atoms with Crippen molar-refractivity contribution in [2.24, 2.45) is 0 Å². The third-order valence-corrected chi connectivity index (χ3v) is 3.63. The monoisotopic (exact) mass is 348 g/mol. The molecule has 4 heteroatoms. The third-order valence-electron chi connectivity index (χ3n) is 3.01. The fourth-order valence-electron chi connectivity index (χ4n) is 1.92. The zero-order valence-electron chi connectivity index (χ0n) is 12.1. The minimum atomic E-state index is -0.427. The molecule has 0 saturated carbocycles. The molecule has 21 heavy (non-hydrogen) atoms. The summed E-state index contributed by atoms with van der Waals surface area (Å²) < 4.78 is 11.7. The molecule has 0 heterocycles. The summed E-state index contributed by atoms with van der Waals surface area (Å²) >= 11 is 3.43. The van der Waals surface area contributed by atoms with Gasteiger partial charge in [-0.15, -0.1) is 0 Å². The van der Waals surface area contributed by atoms with Gasteiger partial charge in [0.2, 0.25) is 0 Å². The first-order valence-electron chi connectivity index (χ1n) is 6.88. The number of carbonyl (C=O) groups excluding carboxylic acids is 1. The van der Waals surface area contributed by atoms with Crippen LogP contribution in [0.25, 0.3) is 0 Å². The van der Waals surface area contributed by atoms with Crippen molar-refractivity contribution < 1.29 is 14.3 Å². The molecule has 0 aliphatic rings. The molecule has 2 aromatic rings. The van der Waals surface area contributed by atoms with E-state index in [0.717, 1.165) is 10.9 Å². The SMILES string of the molecule is CCOc1ccccc1C(=O)Oc1ccc(CC)cc1Br. The molecule has 0 radical (unpaired) electrons. The van der Waals surface area contributed by atoms with Crippen LogP contribution in [-0.2, 0) is 6.42 Å². The number of esters is 1. The highest BCUT2D eigenvalue weighted by atomic mass is 79.9. The third kappa shape index (κ3) is 3.85. The first-order chi connectivity index (χ1) is 10.2. The van der Waals surface area contributed by atoms with Gasteiger partial charge in [0.05, 0.1) is 11.1 Å². The van der Waals surface area contributed by atoms with Crippen molar-refractivity contribution in [1.82, 2.24) is 0 Å². The molecule has 0 atom stereocenters. The van der Waals surface area contributed by atoms with Gasteiger partial charge in [-0.05, 0) is 59.1 Å². The Kier molecular flexibility index (Phi) is 5.39. The molecule has 0 aliphatic heterocycles. The van der Waals surface area contributed by atoms with Gasteiger partial charge in [0.25, 0.3) is 0 Å². The maximum Gasteiger partial charge on any atom is 0.347 e. The van der Waals surface area contributed by atoms with Gasteiger partial charge in [-0.1, -0.05) is 25.1 Å². The fourth-order valence-corrected chi connectivity index (χ4v) is 2.43. The first-order valence-corrected chi connectivity index (χ1v) is 7.67. The van der Waals surface area contributed by atoms with E-state index in [-0.39, 0.29) is 0 Å². The molecular formula is C17H17BrO3. The summed E-state index contributed by atoms with van der Waals surface area (Å²) in [5, 5.41) is 0. The van der Waals surface area contributed by atoms with Crippen LogP contribution in [0, 0.1) is 0 Å². The van der Waals surface area contributed by atoms with E-state index in [1.807, 2.05) is 25.1 Å². The normalized spacial score (nSPS) is 10.2. The maximum atomic E-state index is 12.3. The van der Waals surface area contributed by atoms with Gasteiger partial charge in [-0.3, -0.25) is 0 Å². The molecule has 0 spiro atoms. The predicted molar refractivity (Wildman–Crippen MR) is 86.1 cm³/mol. The fraction of sp³-hybridized carbons (Fsp3) is 0.235. The summed E-state index contributed by atoms with van der Waals surface area (Å²) in [6, 6.07) is 12.8. The number of carbonyl (C=O) groups is 1. The van der Waals surface area contributed by atoms with Crippen LogP contribution in [0.5, 0.6) is 11.5 Å². The number of aryl methyl sites for hydroxylation is 1. The van der Waals surface area contributed by atoms with Crippen LogP contribution in [0.1, 0.15) is 29.8 Å². The molecule has 0 N–H and O–H groups in total. The van der Waals surface area contributed by atoms with Crippen LogP contribution in [0.2, 0.25) is 0 Å². The molecule has 110 valence electrons. The highest BCUT2D eigenvalue weighted by Gasteiger charge is 2.15. The molecule has 0 unspecified atom stereocenters. The number of hydrogen-bond acceptors (Lipinski definition) is 3. The standard InChI is InChI=1S/C17H17BrO3/c1-3-12-9-10-16(14(18)11-12)21-17(19)13-7-5-6-8-15(13)20-4-2/h5-11H,3-4H2,1-2H3. The lowest BCUT2D eigenvalue weighted by Crippen LogP contribution is -2.11. The van der Waals surface area contributed by atoms with E-state index < -0.39 is 5.97 Å². The zero-order valence-corrected chi connectivity index (χ0v) is 13.6. The summed E-state index contributed by atoms with van der Waals surface area (Å²) in [7, 11) is 0. The van der Waals surface area contributed by atoms with E-state index in [1.165, 1.54) is 5.56 Å². The zero-order chi connectivity index (χ0) is 15.2. The van der Waals surface area contributed by atoms with Crippen LogP contribution in [0.15, 0.2) is 46.9 Å². The maximum absolute atomic E-state index is 12.3. The second-order valence-electron chi connectivity index (χ2n) is 4.44. The minimum absolute atomic E-state index is 0.422. The lowest BCUT2D eigenvalue weighted by molar-refractivity contribution is 0.0729. The largest absolute Gasteiger partial charge is 0.493 e. The Morgan fingerprint density at radius 3 is 2.52 bits per heavy atom. The van der Waals surface area contributed by atoms with Crippen LogP contribution < -0.4 is 9.47 Å². The van der Waals surface area contributed by atoms with Crippen molar-refractivity contribution in [3.05, 3.63) is 58.1 Å². The molecule has 0 aliphatic carbocycles. The highest BCUT2D eigenvalue weighted by molar-refractivity contribution is 9.10. The van der Waals surface area contributed by atoms with Crippen LogP contribution in [0.3, 0.4) is 0 Å². The van der Waals surface area contributed by atoms with Crippen molar-refractivity contribution in [1.29, 1.82) is 0 Å². The average molecular weight is 349 g/mol. The minimum Gasteiger partial charge on any atom is -0.493 e. The van der Waals surface area contributed by atoms with Gasteiger partial charge in [-0.2, -0.15) is 0 Å². The van der Waals surface area contributed by atoms with Crippen LogP contribution >= 0.6 is 15.9 Å². The van der Waals surface area contributed by atoms with Crippen molar-refractivity contribution in [3.8, 4) is 11.5 Å². The van der Waals surface area contributed by atoms with E-state index >= 15 is 0 Å². The number of benzene rings is 2. The van der Waals surface area contributed by atoms with Crippen LogP contribution in [-0.4, -0.2) is 12.6 Å². The lowest BCUT2D eigenvalue weighted by Gasteiger charge is -2.11. The second kappa shape index (κ2) is 7.27. The molecule has 2 rings (SSSR count). The summed E-state index contributed by atoms with van der Waals surface area (Å²) in [6.45, 7) is 4.45. The van der Waals surface area contributed by atoms with Gasteiger partial charge in [0.15, 0.2) is 0 Å². The smallest absolute Gasteiger partial charge is 0.347 e. The van der Waals surface area contributed by atoms with E-state index in [1.54, 1.807) is 24.3 Å². The average Bonchev–Trinajstić information content (AvgIpc) is 2.50. The second-order valence-corrected chi connectivity index (χ2v) is 5.29. The van der Waals surface area contributed by atoms with E-state index in [2.05, 4.69) is 22.9 Å². The quantitative estimate of drug-likeness (QED) is 0.583. The molecule has 0 fully saturated rings. The summed E-state index contributed by atoms with van der Waals surface area (Å²) in [5.41, 5.74) is 1.60. The van der Waals surface area contributed by atoms with E-state index in [9.17, 15) is 4.79 Å². The molecule has 0 aromatic heterocycles. The van der Waals surface area contributed by atoms with Gasteiger partial charge in [0.1, 0.15) is 17.1 Å². The molecule has 2 aromatic carbocycles. The van der Waals surface area contributed by atoms with Gasteiger partial charge in [-0.25, -0.2) is 4.79 Å². The molecule has 0 bridgehead atoms. The van der Waals surface area contributed by atoms with Crippen molar-refractivity contribution in [2.45, 2.75) is 20.3 Å². The van der Waals surface area contributed by atoms with Crippen molar-refractivity contribution in [2.75, 3.05) is 6.61 Å². The van der Waals surface area contributed by atoms with E-state index in [4.69, 9.17) is 9.47 Å². The summed E-state index contributed by atoms with van der Waals surface area (Å²) in [4.78, 5) is 12.3. The number of para-hydroxylation sites is 1. The topological polar surface area (TPSA) is 35.5 Å². The summed E-state index contributed by atoms with van der Waals surface area (Å²) in [5.74, 6) is 0.610. The summed E-state index contributed by atoms with van der Waals surface area (Å²) in [6.07, 6.45) is 0.931. The number of rotatable bonds is 5.